The van der Waals surface area contributed by atoms with Gasteiger partial charge in [-0.1, -0.05) is 41.1 Å². The molecule has 1 heterocycles. The highest BCUT2D eigenvalue weighted by molar-refractivity contribution is 7.92. The van der Waals surface area contributed by atoms with Crippen molar-refractivity contribution in [2.45, 2.75) is 4.90 Å². The van der Waals surface area contributed by atoms with Crippen molar-refractivity contribution in [1.29, 1.82) is 0 Å². The molecular weight excluding hydrogens is 384 g/mol. The summed E-state index contributed by atoms with van der Waals surface area (Å²) in [5, 5.41) is 10.5. The molecule has 0 aliphatic carbocycles. The van der Waals surface area contributed by atoms with Gasteiger partial charge >= 0.3 is 0 Å². The molecule has 1 amide bonds. The summed E-state index contributed by atoms with van der Waals surface area (Å²) in [7, 11) is -3.89. The van der Waals surface area contributed by atoms with Crippen LogP contribution in [0, 0.1) is 0 Å². The minimum Gasteiger partial charge on any atom is -0.296 e. The molecule has 0 saturated heterocycles. The van der Waals surface area contributed by atoms with Crippen LogP contribution in [0.25, 0.3) is 0 Å². The van der Waals surface area contributed by atoms with E-state index in [1.807, 2.05) is 0 Å². The summed E-state index contributed by atoms with van der Waals surface area (Å²) in [6, 6.07) is 12.1. The molecule has 1 aromatic heterocycles. The summed E-state index contributed by atoms with van der Waals surface area (Å²) in [5.41, 5.74) is 1.91. The van der Waals surface area contributed by atoms with Crippen LogP contribution in [0.5, 0.6) is 0 Å². The molecule has 0 radical (unpaired) electrons. The Morgan fingerprint density at radius 1 is 1.12 bits per heavy atom. The first-order valence-corrected chi connectivity index (χ1v) is 9.65. The standard InChI is InChI=1S/C15H11ClN4O3S2/c16-12-6-1-2-7-13(12)20-25(22,23)11-5-3-4-10(8-11)14(21)18-15-19-17-9-24-15/h1-9,20H,(H,18,19,21). The van der Waals surface area contributed by atoms with Crippen molar-refractivity contribution in [3.05, 3.63) is 64.6 Å². The lowest BCUT2D eigenvalue weighted by Crippen LogP contribution is -2.16. The number of carbonyl (C=O) groups excluding carboxylic acids is 1. The van der Waals surface area contributed by atoms with Crippen LogP contribution < -0.4 is 10.0 Å². The van der Waals surface area contributed by atoms with Crippen molar-refractivity contribution in [3.63, 3.8) is 0 Å². The Bertz CT molecular complexity index is 1010. The molecule has 0 aliphatic rings. The van der Waals surface area contributed by atoms with E-state index in [-0.39, 0.29) is 21.2 Å². The fourth-order valence-corrected chi connectivity index (χ4v) is 3.75. The zero-order chi connectivity index (χ0) is 17.9. The van der Waals surface area contributed by atoms with Crippen molar-refractivity contribution in [2.24, 2.45) is 0 Å². The molecule has 25 heavy (non-hydrogen) atoms. The van der Waals surface area contributed by atoms with Gasteiger partial charge < -0.3 is 0 Å². The smallest absolute Gasteiger partial charge is 0.261 e. The van der Waals surface area contributed by atoms with Gasteiger partial charge in [-0.15, -0.1) is 10.2 Å². The number of sulfonamides is 1. The number of anilines is 2. The van der Waals surface area contributed by atoms with Gasteiger partial charge in [0.1, 0.15) is 5.51 Å². The highest BCUT2D eigenvalue weighted by atomic mass is 35.5. The first kappa shape index (κ1) is 17.3. The van der Waals surface area contributed by atoms with Gasteiger partial charge in [0.15, 0.2) is 0 Å². The molecule has 0 bridgehead atoms. The maximum atomic E-state index is 12.5. The first-order valence-electron chi connectivity index (χ1n) is 6.91. The van der Waals surface area contributed by atoms with Crippen molar-refractivity contribution < 1.29 is 13.2 Å². The largest absolute Gasteiger partial charge is 0.296 e. The maximum Gasteiger partial charge on any atom is 0.261 e. The van der Waals surface area contributed by atoms with E-state index in [1.165, 1.54) is 29.8 Å². The van der Waals surface area contributed by atoms with Gasteiger partial charge in [-0.25, -0.2) is 8.42 Å². The second-order valence-corrected chi connectivity index (χ2v) is 7.73. The van der Waals surface area contributed by atoms with Gasteiger partial charge in [0.2, 0.25) is 5.13 Å². The molecule has 128 valence electrons. The summed E-state index contributed by atoms with van der Waals surface area (Å²) in [4.78, 5) is 12.1. The molecule has 3 rings (SSSR count). The molecule has 0 spiro atoms. The van der Waals surface area contributed by atoms with Gasteiger partial charge in [-0.05, 0) is 30.3 Å². The molecule has 2 N–H and O–H groups in total. The van der Waals surface area contributed by atoms with Gasteiger partial charge in [0, 0.05) is 5.56 Å². The summed E-state index contributed by atoms with van der Waals surface area (Å²) in [6.07, 6.45) is 0. The highest BCUT2D eigenvalue weighted by Crippen LogP contribution is 2.24. The van der Waals surface area contributed by atoms with E-state index in [9.17, 15) is 13.2 Å². The van der Waals surface area contributed by atoms with Crippen molar-refractivity contribution in [1.82, 2.24) is 10.2 Å². The Kier molecular flexibility index (Phi) is 4.98. The average molecular weight is 395 g/mol. The van der Waals surface area contributed by atoms with Gasteiger partial charge in [0.25, 0.3) is 15.9 Å². The predicted octanol–water partition coefficient (Wildman–Crippen LogP) is 3.24. The third-order valence-electron chi connectivity index (χ3n) is 3.11. The normalized spacial score (nSPS) is 11.1. The maximum absolute atomic E-state index is 12.5. The van der Waals surface area contributed by atoms with Crippen molar-refractivity contribution in [3.8, 4) is 0 Å². The zero-order valence-corrected chi connectivity index (χ0v) is 14.9. The van der Waals surface area contributed by atoms with Crippen LogP contribution in [-0.2, 0) is 10.0 Å². The Morgan fingerprint density at radius 2 is 1.92 bits per heavy atom. The fourth-order valence-electron chi connectivity index (χ4n) is 1.95. The molecule has 0 saturated carbocycles. The Hall–Kier alpha value is -2.49. The molecule has 3 aromatic rings. The monoisotopic (exact) mass is 394 g/mol. The third-order valence-corrected chi connectivity index (χ3v) is 5.40. The average Bonchev–Trinajstić information content (AvgIpc) is 3.10. The molecule has 0 aliphatic heterocycles. The second-order valence-electron chi connectivity index (χ2n) is 4.81. The third kappa shape index (κ3) is 4.13. The molecule has 0 unspecified atom stereocenters. The van der Waals surface area contributed by atoms with Crippen LogP contribution in [0.1, 0.15) is 10.4 Å². The van der Waals surface area contributed by atoms with E-state index >= 15 is 0 Å². The van der Waals surface area contributed by atoms with Crippen LogP contribution in [0.15, 0.2) is 58.9 Å². The van der Waals surface area contributed by atoms with Crippen molar-refractivity contribution in [2.75, 3.05) is 10.0 Å². The van der Waals surface area contributed by atoms with Crippen LogP contribution >= 0.6 is 22.9 Å². The molecule has 10 heteroatoms. The number of hydrogen-bond donors (Lipinski definition) is 2. The highest BCUT2D eigenvalue weighted by Gasteiger charge is 2.18. The van der Waals surface area contributed by atoms with Crippen LogP contribution in [-0.4, -0.2) is 24.5 Å². The minimum absolute atomic E-state index is 0.0580. The number of halogens is 1. The van der Waals surface area contributed by atoms with Crippen LogP contribution in [0.2, 0.25) is 5.02 Å². The number of nitrogens with zero attached hydrogens (tertiary/aromatic N) is 2. The minimum atomic E-state index is -3.89. The Balaban J connectivity index is 1.85. The van der Waals surface area contributed by atoms with E-state index in [0.29, 0.717) is 5.13 Å². The SMILES string of the molecule is O=C(Nc1nncs1)c1cccc(S(=O)(=O)Nc2ccccc2Cl)c1. The molecule has 0 fully saturated rings. The number of para-hydroxylation sites is 1. The predicted molar refractivity (Wildman–Crippen MR) is 96.6 cm³/mol. The lowest BCUT2D eigenvalue weighted by atomic mass is 10.2. The lowest BCUT2D eigenvalue weighted by Gasteiger charge is -2.10. The van der Waals surface area contributed by atoms with Crippen LogP contribution in [0.4, 0.5) is 10.8 Å². The quantitative estimate of drug-likeness (QED) is 0.691. The topological polar surface area (TPSA) is 101 Å². The number of aromatic nitrogens is 2. The number of amides is 1. The first-order chi connectivity index (χ1) is 12.0. The zero-order valence-electron chi connectivity index (χ0n) is 12.5. The lowest BCUT2D eigenvalue weighted by molar-refractivity contribution is 0.102. The molecule has 7 nitrogen and oxygen atoms in total. The molecule has 2 aromatic carbocycles. The molecular formula is C15H11ClN4O3S2. The number of carbonyl (C=O) groups is 1. The van der Waals surface area contributed by atoms with Gasteiger partial charge in [-0.2, -0.15) is 0 Å². The Morgan fingerprint density at radius 3 is 2.64 bits per heavy atom. The fraction of sp³-hybridized carbons (Fsp3) is 0. The summed E-state index contributed by atoms with van der Waals surface area (Å²) >= 11 is 7.14. The number of rotatable bonds is 5. The summed E-state index contributed by atoms with van der Waals surface area (Å²) < 4.78 is 27.5. The van der Waals surface area contributed by atoms with E-state index in [2.05, 4.69) is 20.2 Å². The number of hydrogen-bond acceptors (Lipinski definition) is 6. The van der Waals surface area contributed by atoms with Crippen molar-refractivity contribution >= 4 is 49.7 Å². The van der Waals surface area contributed by atoms with E-state index in [0.717, 1.165) is 11.3 Å². The van der Waals surface area contributed by atoms with E-state index < -0.39 is 15.9 Å². The van der Waals surface area contributed by atoms with Gasteiger partial charge in [-0.3, -0.25) is 14.8 Å². The van der Waals surface area contributed by atoms with Gasteiger partial charge in [0.05, 0.1) is 15.6 Å². The summed E-state index contributed by atoms with van der Waals surface area (Å²) in [5.74, 6) is -0.480. The van der Waals surface area contributed by atoms with E-state index in [1.54, 1.807) is 24.3 Å². The second kappa shape index (κ2) is 7.18. The van der Waals surface area contributed by atoms with E-state index in [4.69, 9.17) is 11.6 Å². The van der Waals surface area contributed by atoms with Crippen LogP contribution in [0.3, 0.4) is 0 Å². The number of benzene rings is 2. The number of nitrogens with one attached hydrogen (secondary N) is 2. The molecule has 0 atom stereocenters. The summed E-state index contributed by atoms with van der Waals surface area (Å²) in [6.45, 7) is 0. The Labute approximate surface area is 152 Å².